The highest BCUT2D eigenvalue weighted by Crippen LogP contribution is 2.62. The molecule has 27 heavy (non-hydrogen) atoms. The first-order chi connectivity index (χ1) is 12.7. The maximum Gasteiger partial charge on any atom is 0.191 e. The average molecular weight is 487 g/mol. The zero-order chi connectivity index (χ0) is 18.1. The summed E-state index contributed by atoms with van der Waals surface area (Å²) < 4.78 is 16.7. The molecule has 0 bridgehead atoms. The molecule has 3 aliphatic rings. The zero-order valence-electron chi connectivity index (χ0n) is 16.3. The van der Waals surface area contributed by atoms with Crippen LogP contribution in [0.2, 0.25) is 0 Å². The van der Waals surface area contributed by atoms with E-state index in [-0.39, 0.29) is 24.0 Å². The average Bonchev–Trinajstić information content (AvgIpc) is 3.05. The predicted octanol–water partition coefficient (Wildman–Crippen LogP) is 2.94. The molecule has 3 fully saturated rings. The Morgan fingerprint density at radius 2 is 2.04 bits per heavy atom. The van der Waals surface area contributed by atoms with Gasteiger partial charge in [0.25, 0.3) is 0 Å². The van der Waals surface area contributed by atoms with E-state index in [1.165, 1.54) is 19.3 Å². The number of guanidine groups is 1. The molecule has 1 aromatic carbocycles. The van der Waals surface area contributed by atoms with Gasteiger partial charge in [0.2, 0.25) is 0 Å². The molecule has 150 valence electrons. The maximum atomic E-state index is 6.01. The number of hydrogen-bond donors (Lipinski definition) is 2. The molecule has 7 heteroatoms. The first-order valence-electron chi connectivity index (χ1n) is 9.51. The van der Waals surface area contributed by atoms with Gasteiger partial charge in [-0.25, -0.2) is 0 Å². The van der Waals surface area contributed by atoms with Crippen LogP contribution in [0.1, 0.15) is 31.2 Å². The van der Waals surface area contributed by atoms with Crippen molar-refractivity contribution in [1.82, 2.24) is 10.6 Å². The summed E-state index contributed by atoms with van der Waals surface area (Å²) in [6.45, 7) is 1.59. The molecule has 1 spiro atoms. The molecule has 2 saturated carbocycles. The van der Waals surface area contributed by atoms with E-state index in [0.717, 1.165) is 36.0 Å². The van der Waals surface area contributed by atoms with Crippen LogP contribution in [0.3, 0.4) is 0 Å². The summed E-state index contributed by atoms with van der Waals surface area (Å²) in [6, 6.07) is 6.46. The van der Waals surface area contributed by atoms with Crippen molar-refractivity contribution in [1.29, 1.82) is 0 Å². The topological polar surface area (TPSA) is 64.1 Å². The van der Waals surface area contributed by atoms with E-state index in [2.05, 4.69) is 15.6 Å². The Morgan fingerprint density at radius 3 is 2.67 bits per heavy atom. The van der Waals surface area contributed by atoms with E-state index in [1.807, 2.05) is 25.2 Å². The molecular weight excluding hydrogens is 457 g/mol. The summed E-state index contributed by atoms with van der Waals surface area (Å²) in [6.07, 6.45) is 5.51. The van der Waals surface area contributed by atoms with Crippen molar-refractivity contribution in [3.63, 3.8) is 0 Å². The number of rotatable bonds is 5. The molecule has 0 amide bonds. The van der Waals surface area contributed by atoms with Crippen LogP contribution < -0.4 is 20.1 Å². The predicted molar refractivity (Wildman–Crippen MR) is 116 cm³/mol. The molecule has 0 aromatic heterocycles. The van der Waals surface area contributed by atoms with Crippen molar-refractivity contribution >= 4 is 29.9 Å². The van der Waals surface area contributed by atoms with Gasteiger partial charge in [0.15, 0.2) is 17.5 Å². The highest BCUT2D eigenvalue weighted by molar-refractivity contribution is 14.0. The Bertz CT molecular complexity index is 693. The monoisotopic (exact) mass is 487 g/mol. The number of benzene rings is 1. The fraction of sp³-hybridized carbons (Fsp3) is 0.650. The lowest BCUT2D eigenvalue weighted by Gasteiger charge is -2.63. The summed E-state index contributed by atoms with van der Waals surface area (Å²) in [7, 11) is 5.14. The van der Waals surface area contributed by atoms with Crippen LogP contribution >= 0.6 is 24.0 Å². The van der Waals surface area contributed by atoms with Crippen molar-refractivity contribution < 1.29 is 14.2 Å². The van der Waals surface area contributed by atoms with E-state index in [0.29, 0.717) is 30.0 Å². The van der Waals surface area contributed by atoms with Crippen molar-refractivity contribution in [2.75, 3.05) is 27.9 Å². The third kappa shape index (κ3) is 3.48. The third-order valence-electron chi connectivity index (χ3n) is 6.46. The lowest BCUT2D eigenvalue weighted by atomic mass is 9.46. The fourth-order valence-corrected chi connectivity index (χ4v) is 4.97. The Balaban J connectivity index is 0.00000210. The van der Waals surface area contributed by atoms with E-state index in [4.69, 9.17) is 14.2 Å². The quantitative estimate of drug-likeness (QED) is 0.380. The van der Waals surface area contributed by atoms with Crippen LogP contribution in [-0.2, 0) is 11.3 Å². The van der Waals surface area contributed by atoms with Crippen LogP contribution in [-0.4, -0.2) is 46.0 Å². The van der Waals surface area contributed by atoms with Crippen molar-refractivity contribution in [3.05, 3.63) is 23.8 Å². The number of hydrogen-bond acceptors (Lipinski definition) is 4. The molecule has 1 heterocycles. The Labute approximate surface area is 178 Å². The summed E-state index contributed by atoms with van der Waals surface area (Å²) in [5.41, 5.74) is 1.47. The standard InChI is InChI=1S/C20H29N3O3.HI/c1-21-19(22-12-13-5-6-15(24-2)16(11-13)25-3)23-17-14-7-10-26-18(14)20(17)8-4-9-20;/h5-6,11,14,17-18H,4,7-10,12H2,1-3H3,(H2,21,22,23);1H. The van der Waals surface area contributed by atoms with Crippen molar-refractivity contribution in [2.45, 2.75) is 44.4 Å². The zero-order valence-corrected chi connectivity index (χ0v) is 18.6. The second-order valence-corrected chi connectivity index (χ2v) is 7.57. The minimum absolute atomic E-state index is 0. The van der Waals surface area contributed by atoms with Gasteiger partial charge in [-0.05, 0) is 37.0 Å². The molecule has 0 radical (unpaired) electrons. The summed E-state index contributed by atoms with van der Waals surface area (Å²) in [5, 5.41) is 7.13. The highest BCUT2D eigenvalue weighted by Gasteiger charge is 2.66. The SMILES string of the molecule is CN=C(NCc1ccc(OC)c(OC)c1)NC1C2CCOC2C12CCC2.I. The number of nitrogens with zero attached hydrogens (tertiary/aromatic N) is 1. The number of halogens is 1. The number of methoxy groups -OCH3 is 2. The number of nitrogens with one attached hydrogen (secondary N) is 2. The molecule has 1 saturated heterocycles. The molecule has 1 aromatic rings. The molecule has 3 atom stereocenters. The van der Waals surface area contributed by atoms with Crippen LogP contribution in [0.5, 0.6) is 11.5 Å². The van der Waals surface area contributed by atoms with Crippen LogP contribution in [0.15, 0.2) is 23.2 Å². The number of aliphatic imine (C=N–C) groups is 1. The van der Waals surface area contributed by atoms with Gasteiger partial charge in [-0.15, -0.1) is 24.0 Å². The summed E-state index contributed by atoms with van der Waals surface area (Å²) >= 11 is 0. The van der Waals surface area contributed by atoms with Gasteiger partial charge in [0.1, 0.15) is 0 Å². The molecule has 4 rings (SSSR count). The Morgan fingerprint density at radius 1 is 1.26 bits per heavy atom. The van der Waals surface area contributed by atoms with E-state index >= 15 is 0 Å². The summed E-state index contributed by atoms with van der Waals surface area (Å²) in [4.78, 5) is 4.44. The van der Waals surface area contributed by atoms with E-state index in [1.54, 1.807) is 14.2 Å². The van der Waals surface area contributed by atoms with Crippen LogP contribution in [0.25, 0.3) is 0 Å². The van der Waals surface area contributed by atoms with Gasteiger partial charge in [-0.1, -0.05) is 12.5 Å². The highest BCUT2D eigenvalue weighted by atomic mass is 127. The molecule has 3 unspecified atom stereocenters. The minimum Gasteiger partial charge on any atom is -0.493 e. The maximum absolute atomic E-state index is 6.01. The lowest BCUT2D eigenvalue weighted by Crippen LogP contribution is -2.72. The molecule has 1 aliphatic heterocycles. The number of ether oxygens (including phenoxy) is 3. The Kier molecular flexibility index (Phi) is 6.40. The molecule has 2 aliphatic carbocycles. The van der Waals surface area contributed by atoms with Crippen molar-refractivity contribution in [3.8, 4) is 11.5 Å². The fourth-order valence-electron chi connectivity index (χ4n) is 4.97. The van der Waals surface area contributed by atoms with E-state index < -0.39 is 0 Å². The molecule has 6 nitrogen and oxygen atoms in total. The van der Waals surface area contributed by atoms with Crippen LogP contribution in [0, 0.1) is 11.3 Å². The van der Waals surface area contributed by atoms with Gasteiger partial charge in [0, 0.05) is 37.6 Å². The lowest BCUT2D eigenvalue weighted by molar-refractivity contribution is -0.171. The van der Waals surface area contributed by atoms with Gasteiger partial charge in [0.05, 0.1) is 20.3 Å². The van der Waals surface area contributed by atoms with Crippen LogP contribution in [0.4, 0.5) is 0 Å². The smallest absolute Gasteiger partial charge is 0.191 e. The van der Waals surface area contributed by atoms with E-state index in [9.17, 15) is 0 Å². The third-order valence-corrected chi connectivity index (χ3v) is 6.46. The minimum atomic E-state index is 0. The van der Waals surface area contributed by atoms with Gasteiger partial charge in [-0.3, -0.25) is 4.99 Å². The van der Waals surface area contributed by atoms with Crippen molar-refractivity contribution in [2.24, 2.45) is 16.3 Å². The molecular formula is C20H30IN3O3. The summed E-state index contributed by atoms with van der Waals surface area (Å²) in [5.74, 6) is 2.98. The van der Waals surface area contributed by atoms with Gasteiger partial charge in [-0.2, -0.15) is 0 Å². The largest absolute Gasteiger partial charge is 0.493 e. The molecule has 2 N–H and O–H groups in total. The normalized spacial score (nSPS) is 27.7. The number of fused-ring (bicyclic) bond motifs is 2. The second-order valence-electron chi connectivity index (χ2n) is 7.57. The first-order valence-corrected chi connectivity index (χ1v) is 9.51. The Hall–Kier alpha value is -1.22. The second kappa shape index (κ2) is 8.43. The first kappa shape index (κ1) is 20.5. The van der Waals surface area contributed by atoms with Gasteiger partial charge >= 0.3 is 0 Å². The van der Waals surface area contributed by atoms with Gasteiger partial charge < -0.3 is 24.8 Å².